The lowest BCUT2D eigenvalue weighted by Gasteiger charge is -2.22. The third kappa shape index (κ3) is 5.84. The molecule has 35 heavy (non-hydrogen) atoms. The zero-order valence-electron chi connectivity index (χ0n) is 19.7. The molecule has 0 bridgehead atoms. The van der Waals surface area contributed by atoms with Gasteiger partial charge in [-0.2, -0.15) is 0 Å². The SMILES string of the molecule is C[C@H](NC(=O)CCCc1cccs1)C(=O)N[C@H]1N=C(c2ccccc2)c2ccccc2N(C)C1=O. The number of likely N-dealkylation sites (N-methyl/N-ethyl adjacent to an activating group) is 1. The molecule has 1 aliphatic heterocycles. The first kappa shape index (κ1) is 24.3. The van der Waals surface area contributed by atoms with E-state index < -0.39 is 18.1 Å². The summed E-state index contributed by atoms with van der Waals surface area (Å²) in [5.74, 6) is -1.02. The van der Waals surface area contributed by atoms with Gasteiger partial charge in [-0.3, -0.25) is 14.4 Å². The van der Waals surface area contributed by atoms with Crippen LogP contribution in [0.2, 0.25) is 0 Å². The predicted octanol–water partition coefficient (Wildman–Crippen LogP) is 3.53. The summed E-state index contributed by atoms with van der Waals surface area (Å²) in [6, 6.07) is 20.3. The minimum absolute atomic E-state index is 0.200. The van der Waals surface area contributed by atoms with Crippen molar-refractivity contribution in [2.45, 2.75) is 38.4 Å². The molecule has 0 radical (unpaired) electrons. The number of benzene rings is 2. The number of nitrogens with one attached hydrogen (secondary N) is 2. The van der Waals surface area contributed by atoms with Crippen LogP contribution in [0, 0.1) is 0 Å². The van der Waals surface area contributed by atoms with Crippen LogP contribution in [0.4, 0.5) is 5.69 Å². The number of fused-ring (bicyclic) bond motifs is 1. The average Bonchev–Trinajstić information content (AvgIpc) is 3.36. The van der Waals surface area contributed by atoms with E-state index in [4.69, 9.17) is 0 Å². The van der Waals surface area contributed by atoms with E-state index in [-0.39, 0.29) is 11.8 Å². The molecule has 7 nitrogen and oxygen atoms in total. The number of anilines is 1. The van der Waals surface area contributed by atoms with Gasteiger partial charge in [0.25, 0.3) is 5.91 Å². The molecule has 0 spiro atoms. The summed E-state index contributed by atoms with van der Waals surface area (Å²) in [4.78, 5) is 45.9. The second kappa shape index (κ2) is 11.1. The summed E-state index contributed by atoms with van der Waals surface area (Å²) in [5, 5.41) is 7.47. The molecule has 0 aliphatic carbocycles. The average molecular weight is 489 g/mol. The quantitative estimate of drug-likeness (QED) is 0.508. The van der Waals surface area contributed by atoms with E-state index in [1.807, 2.05) is 72.1 Å². The number of aryl methyl sites for hydroxylation is 1. The third-order valence-corrected chi connectivity index (χ3v) is 6.78. The molecule has 4 rings (SSSR count). The Morgan fingerprint density at radius 1 is 1.06 bits per heavy atom. The smallest absolute Gasteiger partial charge is 0.272 e. The highest BCUT2D eigenvalue weighted by Crippen LogP contribution is 2.27. The number of hydrogen-bond acceptors (Lipinski definition) is 5. The van der Waals surface area contributed by atoms with Crippen LogP contribution in [0.25, 0.3) is 0 Å². The summed E-state index contributed by atoms with van der Waals surface area (Å²) in [7, 11) is 1.67. The fourth-order valence-corrected chi connectivity index (χ4v) is 4.71. The Hall–Kier alpha value is -3.78. The van der Waals surface area contributed by atoms with E-state index in [9.17, 15) is 14.4 Å². The van der Waals surface area contributed by atoms with Crippen molar-refractivity contribution in [1.29, 1.82) is 0 Å². The van der Waals surface area contributed by atoms with Crippen molar-refractivity contribution in [3.8, 4) is 0 Å². The minimum atomic E-state index is -1.12. The molecule has 2 atom stereocenters. The van der Waals surface area contributed by atoms with Crippen molar-refractivity contribution in [2.24, 2.45) is 4.99 Å². The fourth-order valence-electron chi connectivity index (χ4n) is 3.96. The second-order valence-corrected chi connectivity index (χ2v) is 9.42. The zero-order valence-corrected chi connectivity index (χ0v) is 20.5. The molecular formula is C27H28N4O3S. The first-order valence-corrected chi connectivity index (χ1v) is 12.4. The van der Waals surface area contributed by atoms with Gasteiger partial charge in [-0.1, -0.05) is 54.6 Å². The number of carbonyl (C=O) groups excluding carboxylic acids is 3. The minimum Gasteiger partial charge on any atom is -0.345 e. The van der Waals surface area contributed by atoms with Gasteiger partial charge in [-0.05, 0) is 37.3 Å². The molecule has 180 valence electrons. The van der Waals surface area contributed by atoms with E-state index in [1.165, 1.54) is 9.78 Å². The van der Waals surface area contributed by atoms with E-state index >= 15 is 0 Å². The van der Waals surface area contributed by atoms with Crippen LogP contribution in [0.1, 0.15) is 35.8 Å². The van der Waals surface area contributed by atoms with Crippen LogP contribution in [-0.2, 0) is 20.8 Å². The van der Waals surface area contributed by atoms with Crippen molar-refractivity contribution in [2.75, 3.05) is 11.9 Å². The summed E-state index contributed by atoms with van der Waals surface area (Å²) < 4.78 is 0. The molecule has 0 saturated carbocycles. The Morgan fingerprint density at radius 2 is 1.80 bits per heavy atom. The topological polar surface area (TPSA) is 90.9 Å². The van der Waals surface area contributed by atoms with Crippen molar-refractivity contribution in [1.82, 2.24) is 10.6 Å². The number of rotatable bonds is 8. The van der Waals surface area contributed by atoms with Crippen LogP contribution in [0.3, 0.4) is 0 Å². The molecule has 3 amide bonds. The molecule has 1 aromatic heterocycles. The van der Waals surface area contributed by atoms with Gasteiger partial charge in [-0.25, -0.2) is 4.99 Å². The number of hydrogen-bond donors (Lipinski definition) is 2. The number of para-hydroxylation sites is 1. The first-order valence-electron chi connectivity index (χ1n) is 11.6. The molecule has 2 aromatic carbocycles. The number of amides is 3. The Bertz CT molecular complexity index is 1220. The van der Waals surface area contributed by atoms with E-state index in [0.717, 1.165) is 17.5 Å². The molecule has 0 fully saturated rings. The van der Waals surface area contributed by atoms with Crippen LogP contribution < -0.4 is 15.5 Å². The molecule has 0 unspecified atom stereocenters. The number of nitrogens with zero attached hydrogens (tertiary/aromatic N) is 2. The number of thiophene rings is 1. The van der Waals surface area contributed by atoms with Gasteiger partial charge in [0.1, 0.15) is 6.04 Å². The van der Waals surface area contributed by atoms with Gasteiger partial charge < -0.3 is 15.5 Å². The number of aliphatic imine (C=N–C) groups is 1. The Morgan fingerprint density at radius 3 is 2.54 bits per heavy atom. The molecule has 0 saturated heterocycles. The first-order chi connectivity index (χ1) is 16.9. The highest BCUT2D eigenvalue weighted by atomic mass is 32.1. The van der Waals surface area contributed by atoms with Gasteiger partial charge in [0.05, 0.1) is 11.4 Å². The Kier molecular flexibility index (Phi) is 7.72. The lowest BCUT2D eigenvalue weighted by molar-refractivity contribution is -0.130. The van der Waals surface area contributed by atoms with Crippen molar-refractivity contribution in [3.63, 3.8) is 0 Å². The maximum Gasteiger partial charge on any atom is 0.272 e. The normalized spacial score (nSPS) is 16.1. The van der Waals surface area contributed by atoms with Crippen molar-refractivity contribution < 1.29 is 14.4 Å². The summed E-state index contributed by atoms with van der Waals surface area (Å²) in [6.45, 7) is 1.61. The largest absolute Gasteiger partial charge is 0.345 e. The molecule has 1 aliphatic rings. The highest BCUT2D eigenvalue weighted by molar-refractivity contribution is 7.09. The number of benzodiazepines with no additional fused rings is 1. The van der Waals surface area contributed by atoms with E-state index in [0.29, 0.717) is 24.2 Å². The maximum absolute atomic E-state index is 13.2. The molecule has 8 heteroatoms. The van der Waals surface area contributed by atoms with Crippen LogP contribution in [-0.4, -0.2) is 42.7 Å². The standard InChI is InChI=1S/C27H28N4O3S/c1-18(28-23(32)16-8-12-20-13-9-17-35-20)26(33)30-25-27(34)31(2)22-15-7-6-14-21(22)24(29-25)19-10-4-3-5-11-19/h3-7,9-11,13-15,17-18,25H,8,12,16H2,1-2H3,(H,28,32)(H,30,33)/t18-,25+/m0/s1. The summed E-state index contributed by atoms with van der Waals surface area (Å²) in [6.07, 6.45) is 0.738. The molecule has 2 N–H and O–H groups in total. The monoisotopic (exact) mass is 488 g/mol. The molecule has 3 aromatic rings. The lowest BCUT2D eigenvalue weighted by Crippen LogP contribution is -2.52. The Labute approximate surface area is 208 Å². The van der Waals surface area contributed by atoms with Crippen molar-refractivity contribution in [3.05, 3.63) is 88.1 Å². The number of carbonyl (C=O) groups is 3. The van der Waals surface area contributed by atoms with Crippen LogP contribution in [0.5, 0.6) is 0 Å². The fraction of sp³-hybridized carbons (Fsp3) is 0.259. The second-order valence-electron chi connectivity index (χ2n) is 8.39. The van der Waals surface area contributed by atoms with Gasteiger partial charge in [0.15, 0.2) is 0 Å². The van der Waals surface area contributed by atoms with E-state index in [1.54, 1.807) is 25.3 Å². The summed E-state index contributed by atoms with van der Waals surface area (Å²) >= 11 is 1.66. The van der Waals surface area contributed by atoms with Gasteiger partial charge in [0, 0.05) is 29.5 Å². The van der Waals surface area contributed by atoms with Gasteiger partial charge in [0.2, 0.25) is 18.0 Å². The van der Waals surface area contributed by atoms with E-state index in [2.05, 4.69) is 15.6 Å². The lowest BCUT2D eigenvalue weighted by atomic mass is 10.0. The summed E-state index contributed by atoms with van der Waals surface area (Å²) in [5.41, 5.74) is 2.98. The molecule has 2 heterocycles. The predicted molar refractivity (Wildman–Crippen MR) is 139 cm³/mol. The van der Waals surface area contributed by atoms with Crippen molar-refractivity contribution >= 4 is 40.5 Å². The van der Waals surface area contributed by atoms with Gasteiger partial charge in [-0.15, -0.1) is 11.3 Å². The van der Waals surface area contributed by atoms with Crippen LogP contribution >= 0.6 is 11.3 Å². The molecular weight excluding hydrogens is 460 g/mol. The Balaban J connectivity index is 1.46. The maximum atomic E-state index is 13.2. The van der Waals surface area contributed by atoms with Crippen LogP contribution in [0.15, 0.2) is 77.1 Å². The van der Waals surface area contributed by atoms with Gasteiger partial charge >= 0.3 is 0 Å². The third-order valence-electron chi connectivity index (χ3n) is 5.85. The highest BCUT2D eigenvalue weighted by Gasteiger charge is 2.32. The zero-order chi connectivity index (χ0) is 24.8.